The smallest absolute Gasteiger partial charge is 0.339 e. The third-order valence-corrected chi connectivity index (χ3v) is 6.80. The molecule has 0 radical (unpaired) electrons. The van der Waals surface area contributed by atoms with E-state index in [0.717, 1.165) is 5.56 Å². The largest absolute Gasteiger partial charge is 0.493 e. The zero-order valence-corrected chi connectivity index (χ0v) is 22.4. The number of nitrogens with zero attached hydrogens (tertiary/aromatic N) is 1. The van der Waals surface area contributed by atoms with Crippen molar-refractivity contribution in [3.63, 3.8) is 0 Å². The van der Waals surface area contributed by atoms with Crippen molar-refractivity contribution >= 4 is 55.3 Å². The summed E-state index contributed by atoms with van der Waals surface area (Å²) in [6.07, 6.45) is 1.35. The highest BCUT2D eigenvalue weighted by atomic mass is 79.9. The van der Waals surface area contributed by atoms with Crippen molar-refractivity contribution in [3.05, 3.63) is 81.8 Å². The number of anilines is 2. The number of carbonyl (C=O) groups excluding carboxylic acids is 2. The first-order valence-electron chi connectivity index (χ1n) is 10.7. The summed E-state index contributed by atoms with van der Waals surface area (Å²) in [6, 6.07) is 17.4. The Morgan fingerprint density at radius 2 is 1.73 bits per heavy atom. The zero-order valence-electron chi connectivity index (χ0n) is 20.0. The highest BCUT2D eigenvalue weighted by Crippen LogP contribution is 2.39. The van der Waals surface area contributed by atoms with Crippen LogP contribution in [0.15, 0.2) is 75.6 Å². The van der Waals surface area contributed by atoms with Gasteiger partial charge in [0.2, 0.25) is 5.91 Å². The third kappa shape index (κ3) is 6.97. The van der Waals surface area contributed by atoms with Gasteiger partial charge in [0.1, 0.15) is 16.5 Å². The van der Waals surface area contributed by atoms with Gasteiger partial charge in [0.15, 0.2) is 11.5 Å². The molecule has 0 aromatic heterocycles. The van der Waals surface area contributed by atoms with Gasteiger partial charge in [-0.2, -0.15) is 13.7 Å². The summed E-state index contributed by atoms with van der Waals surface area (Å²) in [4.78, 5) is 23.7. The molecular formula is C26H22BrN3O6S. The van der Waals surface area contributed by atoms with Crippen molar-refractivity contribution in [3.8, 4) is 17.6 Å². The fourth-order valence-corrected chi connectivity index (χ4v) is 4.79. The van der Waals surface area contributed by atoms with E-state index in [1.54, 1.807) is 12.1 Å². The molecule has 9 nitrogen and oxygen atoms in total. The maximum Gasteiger partial charge on any atom is 0.339 e. The molecule has 0 spiro atoms. The van der Waals surface area contributed by atoms with Gasteiger partial charge < -0.3 is 19.6 Å². The van der Waals surface area contributed by atoms with Crippen LogP contribution >= 0.6 is 15.9 Å². The number of aryl methyl sites for hydroxylation is 1. The van der Waals surface area contributed by atoms with Crippen LogP contribution in [0, 0.1) is 18.3 Å². The maximum absolute atomic E-state index is 12.9. The molecule has 0 fully saturated rings. The van der Waals surface area contributed by atoms with Crippen molar-refractivity contribution in [1.82, 2.24) is 0 Å². The molecule has 11 heteroatoms. The van der Waals surface area contributed by atoms with Crippen molar-refractivity contribution < 1.29 is 26.9 Å². The highest BCUT2D eigenvalue weighted by Gasteiger charge is 2.22. The van der Waals surface area contributed by atoms with Gasteiger partial charge >= 0.3 is 10.1 Å². The molecule has 0 aliphatic rings. The van der Waals surface area contributed by atoms with Crippen LogP contribution in [0.5, 0.6) is 11.5 Å². The van der Waals surface area contributed by atoms with E-state index in [1.165, 1.54) is 56.5 Å². The lowest BCUT2D eigenvalue weighted by Crippen LogP contribution is -2.14. The van der Waals surface area contributed by atoms with Crippen molar-refractivity contribution in [2.75, 3.05) is 17.7 Å². The fourth-order valence-electron chi connectivity index (χ4n) is 3.19. The van der Waals surface area contributed by atoms with E-state index in [1.807, 2.05) is 25.1 Å². The van der Waals surface area contributed by atoms with Crippen molar-refractivity contribution in [2.24, 2.45) is 0 Å². The standard InChI is InChI=1S/C26H22BrN3O6S/c1-16-6-4-5-7-23(16)30-26(32)19(15-28)12-18-13-22(27)25(24(14-18)35-3)36-37(33,34)21-10-8-20(9-11-21)29-17(2)31/h4-14H,1-3H3,(H,29,31)(H,30,32)/b19-12+. The van der Waals surface area contributed by atoms with Crippen molar-refractivity contribution in [1.29, 1.82) is 5.26 Å². The Morgan fingerprint density at radius 3 is 2.32 bits per heavy atom. The first-order valence-corrected chi connectivity index (χ1v) is 12.9. The fraction of sp³-hybridized carbons (Fsp3) is 0.115. The lowest BCUT2D eigenvalue weighted by molar-refractivity contribution is -0.114. The number of ether oxygens (including phenoxy) is 1. The molecule has 0 atom stereocenters. The molecule has 37 heavy (non-hydrogen) atoms. The van der Waals surface area contributed by atoms with Crippen LogP contribution in [-0.2, 0) is 19.7 Å². The van der Waals surface area contributed by atoms with Gasteiger partial charge in [0.05, 0.1) is 11.6 Å². The van der Waals surface area contributed by atoms with Gasteiger partial charge in [0, 0.05) is 18.3 Å². The predicted octanol–water partition coefficient (Wildman–Crippen LogP) is 5.04. The van der Waals surface area contributed by atoms with E-state index in [4.69, 9.17) is 8.92 Å². The number of methoxy groups -OCH3 is 1. The Hall–Kier alpha value is -4.14. The number of halogens is 1. The van der Waals surface area contributed by atoms with E-state index in [2.05, 4.69) is 26.6 Å². The van der Waals surface area contributed by atoms with Gasteiger partial charge in [-0.15, -0.1) is 0 Å². The van der Waals surface area contributed by atoms with Crippen LogP contribution in [0.4, 0.5) is 11.4 Å². The third-order valence-electron chi connectivity index (χ3n) is 4.98. The number of nitriles is 1. The van der Waals surface area contributed by atoms with Gasteiger partial charge in [0.25, 0.3) is 5.91 Å². The molecule has 2 N–H and O–H groups in total. The van der Waals surface area contributed by atoms with E-state index in [9.17, 15) is 23.3 Å². The van der Waals surface area contributed by atoms with Crippen molar-refractivity contribution in [2.45, 2.75) is 18.7 Å². The van der Waals surface area contributed by atoms with Crippen LogP contribution in [0.3, 0.4) is 0 Å². The average Bonchev–Trinajstić information content (AvgIpc) is 2.85. The summed E-state index contributed by atoms with van der Waals surface area (Å²) in [5.74, 6) is -0.955. The van der Waals surface area contributed by atoms with Gasteiger partial charge in [-0.05, 0) is 82.5 Å². The van der Waals surface area contributed by atoms with Gasteiger partial charge in [-0.3, -0.25) is 9.59 Å². The topological polar surface area (TPSA) is 135 Å². The van der Waals surface area contributed by atoms with E-state index in [-0.39, 0.29) is 32.3 Å². The number of hydrogen-bond acceptors (Lipinski definition) is 7. The quantitative estimate of drug-likeness (QED) is 0.215. The summed E-state index contributed by atoms with van der Waals surface area (Å²) in [7, 11) is -2.93. The lowest BCUT2D eigenvalue weighted by Gasteiger charge is -2.14. The number of nitrogens with one attached hydrogen (secondary N) is 2. The Bertz CT molecular complexity index is 1530. The molecule has 0 saturated heterocycles. The SMILES string of the molecule is COc1cc(/C=C(\C#N)C(=O)Nc2ccccc2C)cc(Br)c1OS(=O)(=O)c1ccc(NC(C)=O)cc1. The molecule has 3 aromatic carbocycles. The van der Waals surface area contributed by atoms with Crippen LogP contribution in [0.2, 0.25) is 0 Å². The highest BCUT2D eigenvalue weighted by molar-refractivity contribution is 9.10. The maximum atomic E-state index is 12.9. The molecule has 0 bridgehead atoms. The lowest BCUT2D eigenvalue weighted by atomic mass is 10.1. The second-order valence-corrected chi connectivity index (χ2v) is 10.1. The Balaban J connectivity index is 1.88. The number of amides is 2. The average molecular weight is 584 g/mol. The molecule has 3 aromatic rings. The van der Waals surface area contributed by atoms with E-state index < -0.39 is 16.0 Å². The summed E-state index contributed by atoms with van der Waals surface area (Å²) < 4.78 is 36.6. The molecule has 0 unspecified atom stereocenters. The second-order valence-electron chi connectivity index (χ2n) is 7.72. The van der Waals surface area contributed by atoms with E-state index >= 15 is 0 Å². The number of benzene rings is 3. The molecule has 190 valence electrons. The Morgan fingerprint density at radius 1 is 1.05 bits per heavy atom. The molecule has 3 rings (SSSR count). The second kappa shape index (κ2) is 11.7. The molecule has 0 aliphatic carbocycles. The zero-order chi connectivity index (χ0) is 27.2. The number of rotatable bonds is 8. The Kier molecular flexibility index (Phi) is 8.70. The van der Waals surface area contributed by atoms with Crippen LogP contribution < -0.4 is 19.6 Å². The number of para-hydroxylation sites is 1. The first kappa shape index (κ1) is 27.4. The Labute approximate surface area is 223 Å². The van der Waals surface area contributed by atoms with Crippen LogP contribution in [-0.4, -0.2) is 27.3 Å². The van der Waals surface area contributed by atoms with Gasteiger partial charge in [-0.25, -0.2) is 0 Å². The normalized spacial score (nSPS) is 11.3. The predicted molar refractivity (Wildman–Crippen MR) is 143 cm³/mol. The van der Waals surface area contributed by atoms with Gasteiger partial charge in [-0.1, -0.05) is 18.2 Å². The first-order chi connectivity index (χ1) is 17.5. The minimum Gasteiger partial charge on any atom is -0.493 e. The van der Waals surface area contributed by atoms with Crippen LogP contribution in [0.25, 0.3) is 6.08 Å². The number of carbonyl (C=O) groups is 2. The minimum absolute atomic E-state index is 0.0515. The summed E-state index contributed by atoms with van der Waals surface area (Å²) in [5, 5.41) is 14.8. The molecular weight excluding hydrogens is 562 g/mol. The molecule has 0 saturated carbocycles. The summed E-state index contributed by atoms with van der Waals surface area (Å²) in [6.45, 7) is 3.17. The summed E-state index contributed by atoms with van der Waals surface area (Å²) >= 11 is 3.29. The number of hydrogen-bond donors (Lipinski definition) is 2. The monoisotopic (exact) mass is 583 g/mol. The minimum atomic E-state index is -4.26. The molecule has 0 heterocycles. The van der Waals surface area contributed by atoms with Crippen LogP contribution in [0.1, 0.15) is 18.1 Å². The summed E-state index contributed by atoms with van der Waals surface area (Å²) in [5.41, 5.74) is 2.07. The molecule has 2 amide bonds. The van der Waals surface area contributed by atoms with E-state index in [0.29, 0.717) is 16.9 Å². The molecule has 0 aliphatic heterocycles.